The van der Waals surface area contributed by atoms with E-state index in [2.05, 4.69) is 5.16 Å². The third-order valence-electron chi connectivity index (χ3n) is 4.36. The lowest BCUT2D eigenvalue weighted by Gasteiger charge is -2.11. The van der Waals surface area contributed by atoms with E-state index in [9.17, 15) is 4.79 Å². The average Bonchev–Trinajstić information content (AvgIpc) is 3.15. The molecular weight excluding hydrogens is 350 g/mol. The van der Waals surface area contributed by atoms with Gasteiger partial charge in [0.05, 0.1) is 22.9 Å². The monoisotopic (exact) mass is 365 g/mol. The summed E-state index contributed by atoms with van der Waals surface area (Å²) in [6.07, 6.45) is 3.65. The number of furan rings is 1. The number of hydrogen-bond donors (Lipinski definition) is 0. The van der Waals surface area contributed by atoms with E-state index in [-0.39, 0.29) is 11.6 Å². The predicted molar refractivity (Wildman–Crippen MR) is 98.0 cm³/mol. The maximum atomic E-state index is 12.9. The molecule has 130 valence electrons. The maximum Gasteiger partial charge on any atom is 0.262 e. The van der Waals surface area contributed by atoms with Gasteiger partial charge in [0.15, 0.2) is 10.9 Å². The van der Waals surface area contributed by atoms with Gasteiger partial charge in [-0.25, -0.2) is 4.98 Å². The van der Waals surface area contributed by atoms with Crippen molar-refractivity contribution in [1.82, 2.24) is 14.7 Å². The van der Waals surface area contributed by atoms with Crippen molar-refractivity contribution < 1.29 is 8.94 Å². The van der Waals surface area contributed by atoms with Gasteiger partial charge in [0, 0.05) is 17.9 Å². The highest BCUT2D eigenvalue weighted by Gasteiger charge is 2.28. The van der Waals surface area contributed by atoms with Gasteiger partial charge in [-0.05, 0) is 37.1 Å². The predicted octanol–water partition coefficient (Wildman–Crippen LogP) is 4.27. The number of aromatic nitrogens is 3. The number of thioether (sulfide) groups is 1. The summed E-state index contributed by atoms with van der Waals surface area (Å²) in [5, 5.41) is 5.50. The topological polar surface area (TPSA) is 74.1 Å². The SMILES string of the molecule is O=c1c2ccccc2nc(SCc2cc(-c3ccco3)on2)n1C1CC1. The van der Waals surface area contributed by atoms with E-state index in [0.717, 1.165) is 29.2 Å². The maximum absolute atomic E-state index is 12.9. The molecule has 1 saturated carbocycles. The molecule has 0 unspecified atom stereocenters. The minimum atomic E-state index is 0.0389. The summed E-state index contributed by atoms with van der Waals surface area (Å²) in [6.45, 7) is 0. The van der Waals surface area contributed by atoms with Crippen molar-refractivity contribution in [2.75, 3.05) is 0 Å². The largest absolute Gasteiger partial charge is 0.461 e. The molecule has 0 bridgehead atoms. The Morgan fingerprint density at radius 2 is 2.04 bits per heavy atom. The fourth-order valence-corrected chi connectivity index (χ4v) is 3.88. The second-order valence-electron chi connectivity index (χ2n) is 6.27. The van der Waals surface area contributed by atoms with E-state index in [1.807, 2.05) is 41.0 Å². The zero-order valence-electron chi connectivity index (χ0n) is 13.8. The third kappa shape index (κ3) is 2.74. The molecule has 1 aliphatic rings. The van der Waals surface area contributed by atoms with Gasteiger partial charge in [-0.2, -0.15) is 0 Å². The third-order valence-corrected chi connectivity index (χ3v) is 5.35. The Morgan fingerprint density at radius 3 is 2.85 bits per heavy atom. The molecule has 1 fully saturated rings. The lowest BCUT2D eigenvalue weighted by molar-refractivity contribution is 0.413. The Hall–Kier alpha value is -2.80. The van der Waals surface area contributed by atoms with E-state index in [4.69, 9.17) is 13.9 Å². The standard InChI is InChI=1S/C19H15N3O3S/c23-18-14-4-1-2-5-15(14)20-19(22(18)13-7-8-13)26-11-12-10-17(25-21-12)16-6-3-9-24-16/h1-6,9-10,13H,7-8,11H2. The highest BCUT2D eigenvalue weighted by Crippen LogP contribution is 2.37. The molecule has 0 amide bonds. The van der Waals surface area contributed by atoms with Crippen molar-refractivity contribution in [3.05, 3.63) is 64.8 Å². The van der Waals surface area contributed by atoms with Crippen molar-refractivity contribution in [1.29, 1.82) is 0 Å². The van der Waals surface area contributed by atoms with Gasteiger partial charge < -0.3 is 8.94 Å². The summed E-state index contributed by atoms with van der Waals surface area (Å²) in [5.74, 6) is 1.81. The highest BCUT2D eigenvalue weighted by molar-refractivity contribution is 7.98. The molecule has 6 nitrogen and oxygen atoms in total. The fourth-order valence-electron chi connectivity index (χ4n) is 2.94. The van der Waals surface area contributed by atoms with Crippen LogP contribution in [-0.2, 0) is 5.75 Å². The van der Waals surface area contributed by atoms with Gasteiger partial charge in [0.2, 0.25) is 5.76 Å². The van der Waals surface area contributed by atoms with E-state index < -0.39 is 0 Å². The molecule has 5 rings (SSSR count). The van der Waals surface area contributed by atoms with Crippen molar-refractivity contribution in [3.63, 3.8) is 0 Å². The molecule has 0 N–H and O–H groups in total. The number of rotatable bonds is 5. The smallest absolute Gasteiger partial charge is 0.262 e. The molecule has 0 atom stereocenters. The average molecular weight is 365 g/mol. The zero-order valence-corrected chi connectivity index (χ0v) is 14.6. The van der Waals surface area contributed by atoms with Gasteiger partial charge in [0.1, 0.15) is 0 Å². The molecule has 0 spiro atoms. The number of benzene rings is 1. The molecule has 4 aromatic rings. The van der Waals surface area contributed by atoms with Gasteiger partial charge in [-0.3, -0.25) is 9.36 Å². The van der Waals surface area contributed by atoms with Crippen LogP contribution in [0, 0.1) is 0 Å². The van der Waals surface area contributed by atoms with Crippen molar-refractivity contribution in [3.8, 4) is 11.5 Å². The van der Waals surface area contributed by atoms with Gasteiger partial charge in [0.25, 0.3) is 5.56 Å². The number of nitrogens with zero attached hydrogens (tertiary/aromatic N) is 3. The summed E-state index contributed by atoms with van der Waals surface area (Å²) < 4.78 is 12.5. The zero-order chi connectivity index (χ0) is 17.5. The molecule has 0 radical (unpaired) electrons. The molecule has 26 heavy (non-hydrogen) atoms. The summed E-state index contributed by atoms with van der Waals surface area (Å²) in [6, 6.07) is 13.2. The molecule has 0 aliphatic heterocycles. The van der Waals surface area contributed by atoms with Gasteiger partial charge >= 0.3 is 0 Å². The summed E-state index contributed by atoms with van der Waals surface area (Å²) >= 11 is 1.51. The van der Waals surface area contributed by atoms with Crippen LogP contribution in [0.5, 0.6) is 0 Å². The second-order valence-corrected chi connectivity index (χ2v) is 7.21. The Bertz CT molecular complexity index is 1130. The number of para-hydroxylation sites is 1. The number of fused-ring (bicyclic) bond motifs is 1. The van der Waals surface area contributed by atoms with E-state index in [1.54, 1.807) is 12.3 Å². The summed E-state index contributed by atoms with van der Waals surface area (Å²) in [5.41, 5.74) is 1.55. The molecule has 0 saturated heterocycles. The minimum Gasteiger partial charge on any atom is -0.461 e. The van der Waals surface area contributed by atoms with Crippen LogP contribution in [0.3, 0.4) is 0 Å². The van der Waals surface area contributed by atoms with Crippen LogP contribution in [0.25, 0.3) is 22.4 Å². The van der Waals surface area contributed by atoms with Crippen LogP contribution in [0.15, 0.2) is 67.6 Å². The van der Waals surface area contributed by atoms with E-state index >= 15 is 0 Å². The number of hydrogen-bond acceptors (Lipinski definition) is 6. The van der Waals surface area contributed by atoms with Crippen molar-refractivity contribution >= 4 is 22.7 Å². The first-order valence-corrected chi connectivity index (χ1v) is 9.42. The first-order valence-electron chi connectivity index (χ1n) is 8.43. The molecule has 1 aliphatic carbocycles. The summed E-state index contributed by atoms with van der Waals surface area (Å²) in [4.78, 5) is 17.6. The quantitative estimate of drug-likeness (QED) is 0.388. The molecule has 1 aromatic carbocycles. The molecule has 7 heteroatoms. The first-order chi connectivity index (χ1) is 12.8. The van der Waals surface area contributed by atoms with Crippen LogP contribution in [-0.4, -0.2) is 14.7 Å². The second kappa shape index (κ2) is 6.17. The minimum absolute atomic E-state index is 0.0389. The molecular formula is C19H15N3O3S. The Kier molecular flexibility index (Phi) is 3.67. The van der Waals surface area contributed by atoms with E-state index in [1.165, 1.54) is 11.8 Å². The van der Waals surface area contributed by atoms with Crippen LogP contribution in [0.4, 0.5) is 0 Å². The first kappa shape index (κ1) is 15.5. The lowest BCUT2D eigenvalue weighted by atomic mass is 10.2. The Morgan fingerprint density at radius 1 is 1.15 bits per heavy atom. The molecule has 3 heterocycles. The van der Waals surface area contributed by atoms with Crippen LogP contribution in [0.1, 0.15) is 24.6 Å². The summed E-state index contributed by atoms with van der Waals surface area (Å²) in [7, 11) is 0. The lowest BCUT2D eigenvalue weighted by Crippen LogP contribution is -2.22. The van der Waals surface area contributed by atoms with Crippen LogP contribution >= 0.6 is 11.8 Å². The Balaban J connectivity index is 1.46. The van der Waals surface area contributed by atoms with Gasteiger partial charge in [-0.15, -0.1) is 0 Å². The van der Waals surface area contributed by atoms with Crippen molar-refractivity contribution in [2.24, 2.45) is 0 Å². The Labute approximate surface area is 152 Å². The van der Waals surface area contributed by atoms with E-state index in [0.29, 0.717) is 22.7 Å². The van der Waals surface area contributed by atoms with Crippen LogP contribution in [0.2, 0.25) is 0 Å². The molecule has 3 aromatic heterocycles. The highest BCUT2D eigenvalue weighted by atomic mass is 32.2. The van der Waals surface area contributed by atoms with Gasteiger partial charge in [-0.1, -0.05) is 29.1 Å². The van der Waals surface area contributed by atoms with Crippen molar-refractivity contribution in [2.45, 2.75) is 29.8 Å². The fraction of sp³-hybridized carbons (Fsp3) is 0.211. The normalized spacial score (nSPS) is 14.2. The van der Waals surface area contributed by atoms with Crippen LogP contribution < -0.4 is 5.56 Å².